The third-order valence-corrected chi connectivity index (χ3v) is 8.00. The van der Waals surface area contributed by atoms with Gasteiger partial charge in [0, 0.05) is 37.7 Å². The van der Waals surface area contributed by atoms with Crippen LogP contribution in [0.25, 0.3) is 0 Å². The summed E-state index contributed by atoms with van der Waals surface area (Å²) in [5, 5.41) is 9.36. The molecule has 0 atom stereocenters. The summed E-state index contributed by atoms with van der Waals surface area (Å²) < 4.78 is 34.1. The van der Waals surface area contributed by atoms with Gasteiger partial charge in [-0.3, -0.25) is 14.3 Å². The van der Waals surface area contributed by atoms with E-state index in [-0.39, 0.29) is 22.8 Å². The van der Waals surface area contributed by atoms with Gasteiger partial charge in [0.05, 0.1) is 21.8 Å². The fraction of sp³-hybridized carbons (Fsp3) is 0.348. The first kappa shape index (κ1) is 25.8. The van der Waals surface area contributed by atoms with E-state index < -0.39 is 15.9 Å². The Kier molecular flexibility index (Phi) is 8.43. The molecule has 0 radical (unpaired) electrons. The van der Waals surface area contributed by atoms with Crippen molar-refractivity contribution in [3.63, 3.8) is 0 Å². The van der Waals surface area contributed by atoms with E-state index in [1.165, 1.54) is 19.2 Å². The van der Waals surface area contributed by atoms with Gasteiger partial charge in [0.15, 0.2) is 0 Å². The number of nitrogens with one attached hydrogen (secondary N) is 1. The first-order valence-corrected chi connectivity index (χ1v) is 12.8. The van der Waals surface area contributed by atoms with Crippen LogP contribution >= 0.6 is 15.9 Å². The molecular weight excluding hydrogens is 524 g/mol. The Morgan fingerprint density at radius 3 is 2.41 bits per heavy atom. The van der Waals surface area contributed by atoms with E-state index in [9.17, 15) is 18.4 Å². The number of carbonyl (C=O) groups is 1. The van der Waals surface area contributed by atoms with Gasteiger partial charge in [0.25, 0.3) is 15.9 Å². The van der Waals surface area contributed by atoms with Crippen molar-refractivity contribution in [2.24, 2.45) is 0 Å². The number of sulfonamides is 1. The lowest BCUT2D eigenvalue weighted by Crippen LogP contribution is -2.45. The smallest absolute Gasteiger partial charge is 0.278 e. The summed E-state index contributed by atoms with van der Waals surface area (Å²) in [5.41, 5.74) is 2.40. The minimum atomic E-state index is -4.06. The standard InChI is InChI=1S/C23H27BrN4O5S/c1-4-5-16-33-17-6-8-18(9-7-17)34(31,32)27(3)22-20(28-14-12-26(2)13-15-28)11-10-19(24)21(22)23(29)25-30/h6-11,30H,12-16H2,1-3H3,(H,25,29). The summed E-state index contributed by atoms with van der Waals surface area (Å²) >= 11 is 3.34. The normalized spacial score (nSPS) is 14.2. The molecule has 0 aliphatic carbocycles. The lowest BCUT2D eigenvalue weighted by molar-refractivity contribution is 0.0706. The molecule has 1 fully saturated rings. The molecule has 2 aromatic carbocycles. The first-order valence-electron chi connectivity index (χ1n) is 10.5. The fourth-order valence-corrected chi connectivity index (χ4v) is 5.35. The molecule has 182 valence electrons. The summed E-state index contributed by atoms with van der Waals surface area (Å²) in [6, 6.07) is 9.45. The molecule has 2 aromatic rings. The number of carbonyl (C=O) groups excluding carboxylic acids is 1. The zero-order chi connectivity index (χ0) is 24.9. The van der Waals surface area contributed by atoms with Crippen LogP contribution in [-0.2, 0) is 10.0 Å². The zero-order valence-electron chi connectivity index (χ0n) is 19.2. The third kappa shape index (κ3) is 5.47. The van der Waals surface area contributed by atoms with Crippen LogP contribution < -0.4 is 19.4 Å². The van der Waals surface area contributed by atoms with Crippen molar-refractivity contribution in [1.29, 1.82) is 0 Å². The number of nitrogens with zero attached hydrogens (tertiary/aromatic N) is 3. The number of hydroxylamine groups is 1. The maximum absolute atomic E-state index is 13.6. The number of halogens is 1. The van der Waals surface area contributed by atoms with Crippen LogP contribution in [-0.4, -0.2) is 71.3 Å². The molecular formula is C23H27BrN4O5S. The average molecular weight is 551 g/mol. The topological polar surface area (TPSA) is 102 Å². The highest BCUT2D eigenvalue weighted by Crippen LogP contribution is 2.40. The van der Waals surface area contributed by atoms with E-state index in [0.29, 0.717) is 29.0 Å². The predicted octanol–water partition coefficient (Wildman–Crippen LogP) is 2.55. The van der Waals surface area contributed by atoms with Gasteiger partial charge in [-0.2, -0.15) is 0 Å². The number of piperazine rings is 1. The second kappa shape index (κ2) is 11.1. The molecule has 9 nitrogen and oxygen atoms in total. The Labute approximate surface area is 208 Å². The van der Waals surface area contributed by atoms with Gasteiger partial charge in [-0.15, -0.1) is 5.92 Å². The number of anilines is 2. The largest absolute Gasteiger partial charge is 0.481 e. The van der Waals surface area contributed by atoms with Gasteiger partial charge in [0.1, 0.15) is 12.4 Å². The molecule has 1 amide bonds. The average Bonchev–Trinajstić information content (AvgIpc) is 2.84. The third-order valence-electron chi connectivity index (χ3n) is 5.56. The van der Waals surface area contributed by atoms with Gasteiger partial charge in [-0.25, -0.2) is 13.9 Å². The molecule has 11 heteroatoms. The first-order chi connectivity index (χ1) is 16.2. The Morgan fingerprint density at radius 1 is 1.18 bits per heavy atom. The van der Waals surface area contributed by atoms with Gasteiger partial charge >= 0.3 is 0 Å². The van der Waals surface area contributed by atoms with Crippen molar-refractivity contribution in [2.75, 3.05) is 56.1 Å². The lowest BCUT2D eigenvalue weighted by atomic mass is 10.1. The van der Waals surface area contributed by atoms with Crippen molar-refractivity contribution in [3.05, 3.63) is 46.4 Å². The molecule has 3 rings (SSSR count). The van der Waals surface area contributed by atoms with Crippen LogP contribution in [0.5, 0.6) is 5.75 Å². The highest BCUT2D eigenvalue weighted by Gasteiger charge is 2.31. The Hall–Kier alpha value is -2.78. The molecule has 1 saturated heterocycles. The van der Waals surface area contributed by atoms with Crippen molar-refractivity contribution >= 4 is 43.2 Å². The molecule has 0 aromatic heterocycles. The van der Waals surface area contributed by atoms with E-state index in [4.69, 9.17) is 4.74 Å². The monoisotopic (exact) mass is 550 g/mol. The molecule has 34 heavy (non-hydrogen) atoms. The van der Waals surface area contributed by atoms with E-state index in [1.54, 1.807) is 36.7 Å². The number of amides is 1. The zero-order valence-corrected chi connectivity index (χ0v) is 21.6. The number of likely N-dealkylation sites (N-methyl/N-ethyl adjacent to an activating group) is 1. The van der Waals surface area contributed by atoms with Gasteiger partial charge < -0.3 is 14.5 Å². The summed E-state index contributed by atoms with van der Waals surface area (Å²) in [6.45, 7) is 4.81. The highest BCUT2D eigenvalue weighted by molar-refractivity contribution is 9.10. The van der Waals surface area contributed by atoms with Crippen molar-refractivity contribution in [1.82, 2.24) is 10.4 Å². The molecule has 0 bridgehead atoms. The maximum Gasteiger partial charge on any atom is 0.278 e. The number of ether oxygens (including phenoxy) is 1. The van der Waals surface area contributed by atoms with Crippen LogP contribution in [0.15, 0.2) is 45.8 Å². The fourth-order valence-electron chi connectivity index (χ4n) is 3.63. The summed E-state index contributed by atoms with van der Waals surface area (Å²) in [5.74, 6) is 5.18. The lowest BCUT2D eigenvalue weighted by Gasteiger charge is -2.37. The van der Waals surface area contributed by atoms with E-state index in [2.05, 4.69) is 32.7 Å². The van der Waals surface area contributed by atoms with Crippen LogP contribution in [0.2, 0.25) is 0 Å². The molecule has 0 spiro atoms. The minimum absolute atomic E-state index is 0.0168. The minimum Gasteiger partial charge on any atom is -0.481 e. The SMILES string of the molecule is CC#CCOc1ccc(S(=O)(=O)N(C)c2c(N3CCN(C)CC3)ccc(Br)c2C(=O)NO)cc1. The van der Waals surface area contributed by atoms with Crippen LogP contribution in [0.3, 0.4) is 0 Å². The van der Waals surface area contributed by atoms with Gasteiger partial charge in [0.2, 0.25) is 0 Å². The summed E-state index contributed by atoms with van der Waals surface area (Å²) in [7, 11) is -0.645. The van der Waals surface area contributed by atoms with E-state index in [1.807, 2.05) is 11.9 Å². The van der Waals surface area contributed by atoms with Crippen molar-refractivity contribution in [2.45, 2.75) is 11.8 Å². The summed E-state index contributed by atoms with van der Waals surface area (Å²) in [4.78, 5) is 16.9. The van der Waals surface area contributed by atoms with Gasteiger partial charge in [-0.05, 0) is 66.3 Å². The Bertz CT molecular complexity index is 1200. The number of hydrogen-bond acceptors (Lipinski definition) is 7. The van der Waals surface area contributed by atoms with Crippen LogP contribution in [0.1, 0.15) is 17.3 Å². The summed E-state index contributed by atoms with van der Waals surface area (Å²) in [6.07, 6.45) is 0. The Balaban J connectivity index is 2.06. The molecule has 1 aliphatic rings. The molecule has 0 unspecified atom stereocenters. The second-order valence-electron chi connectivity index (χ2n) is 7.68. The predicted molar refractivity (Wildman–Crippen MR) is 134 cm³/mol. The number of benzene rings is 2. The molecule has 1 heterocycles. The second-order valence-corrected chi connectivity index (χ2v) is 10.5. The molecule has 0 saturated carbocycles. The van der Waals surface area contributed by atoms with Crippen LogP contribution in [0.4, 0.5) is 11.4 Å². The van der Waals surface area contributed by atoms with Crippen molar-refractivity contribution < 1.29 is 23.2 Å². The molecule has 2 N–H and O–H groups in total. The highest BCUT2D eigenvalue weighted by atomic mass is 79.9. The maximum atomic E-state index is 13.6. The van der Waals surface area contributed by atoms with E-state index >= 15 is 0 Å². The quantitative estimate of drug-likeness (QED) is 0.310. The molecule has 1 aliphatic heterocycles. The number of rotatable bonds is 7. The Morgan fingerprint density at radius 2 is 1.82 bits per heavy atom. The van der Waals surface area contributed by atoms with E-state index in [0.717, 1.165) is 17.4 Å². The van der Waals surface area contributed by atoms with Crippen LogP contribution in [0, 0.1) is 11.8 Å². The number of hydrogen-bond donors (Lipinski definition) is 2. The van der Waals surface area contributed by atoms with Gasteiger partial charge in [-0.1, -0.05) is 5.92 Å². The van der Waals surface area contributed by atoms with Crippen molar-refractivity contribution in [3.8, 4) is 17.6 Å².